The number of ether oxygens (including phenoxy) is 1. The Balaban J connectivity index is 1.73. The molecule has 1 heterocycles. The fraction of sp³-hybridized carbons (Fsp3) is 0.538. The number of nitrogens with zero attached hydrogens (tertiary/aromatic N) is 1. The Morgan fingerprint density at radius 3 is 2.66 bits per heavy atom. The Morgan fingerprint density at radius 1 is 1.31 bits per heavy atom. The minimum absolute atomic E-state index is 0.0283. The first kappa shape index (κ1) is 26.2. The third kappa shape index (κ3) is 6.83. The van der Waals surface area contributed by atoms with Crippen molar-refractivity contribution in [2.24, 2.45) is 11.7 Å². The molecule has 35 heavy (non-hydrogen) atoms. The SMILES string of the molecule is C=C1CC[C@H](NC(=O)OC(C)(C)C)[C@@H](Cc2ccc3c(c2)CN(C(CCC(=O)O)C(N)=O)C3=O)C1. The number of rotatable bonds is 8. The largest absolute Gasteiger partial charge is 0.481 e. The van der Waals surface area contributed by atoms with E-state index in [2.05, 4.69) is 11.9 Å². The molecule has 0 spiro atoms. The summed E-state index contributed by atoms with van der Waals surface area (Å²) in [6.07, 6.45) is 2.37. The van der Waals surface area contributed by atoms with Crippen LogP contribution in [0.2, 0.25) is 0 Å². The number of carboxylic acids is 1. The summed E-state index contributed by atoms with van der Waals surface area (Å²) in [5.41, 5.74) is 8.32. The van der Waals surface area contributed by atoms with E-state index in [9.17, 15) is 19.2 Å². The molecule has 9 heteroatoms. The van der Waals surface area contributed by atoms with Gasteiger partial charge in [-0.3, -0.25) is 14.4 Å². The van der Waals surface area contributed by atoms with Crippen LogP contribution in [-0.2, 0) is 27.3 Å². The van der Waals surface area contributed by atoms with Crippen molar-refractivity contribution in [3.8, 4) is 0 Å². The molecule has 1 aromatic rings. The van der Waals surface area contributed by atoms with Crippen LogP contribution in [0.4, 0.5) is 4.79 Å². The monoisotopic (exact) mass is 485 g/mol. The number of benzene rings is 1. The highest BCUT2D eigenvalue weighted by Gasteiger charge is 2.36. The molecule has 1 fully saturated rings. The van der Waals surface area contributed by atoms with Gasteiger partial charge in [0.25, 0.3) is 5.91 Å². The number of aliphatic carboxylic acids is 1. The molecule has 3 rings (SSSR count). The number of alkyl carbamates (subject to hydrolysis) is 1. The van der Waals surface area contributed by atoms with E-state index in [1.165, 1.54) is 4.90 Å². The molecule has 1 unspecified atom stereocenters. The Labute approximate surface area is 205 Å². The second kappa shape index (κ2) is 10.5. The highest BCUT2D eigenvalue weighted by atomic mass is 16.6. The van der Waals surface area contributed by atoms with Gasteiger partial charge in [-0.05, 0) is 76.0 Å². The molecule has 1 saturated carbocycles. The minimum Gasteiger partial charge on any atom is -0.481 e. The van der Waals surface area contributed by atoms with E-state index in [0.29, 0.717) is 12.0 Å². The summed E-state index contributed by atoms with van der Waals surface area (Å²) in [4.78, 5) is 49.6. The highest BCUT2D eigenvalue weighted by molar-refractivity contribution is 6.01. The highest BCUT2D eigenvalue weighted by Crippen LogP contribution is 2.33. The molecule has 190 valence electrons. The van der Waals surface area contributed by atoms with E-state index in [0.717, 1.165) is 36.0 Å². The predicted octanol–water partition coefficient (Wildman–Crippen LogP) is 3.15. The lowest BCUT2D eigenvalue weighted by Gasteiger charge is -2.34. The van der Waals surface area contributed by atoms with Crippen molar-refractivity contribution in [3.05, 3.63) is 47.0 Å². The van der Waals surface area contributed by atoms with Gasteiger partial charge in [0.15, 0.2) is 0 Å². The maximum atomic E-state index is 12.9. The number of nitrogens with two attached hydrogens (primary N) is 1. The number of carbonyl (C=O) groups excluding carboxylic acids is 3. The summed E-state index contributed by atoms with van der Waals surface area (Å²) in [6.45, 7) is 9.82. The van der Waals surface area contributed by atoms with E-state index in [1.807, 2.05) is 32.9 Å². The molecule has 2 aliphatic rings. The number of fused-ring (bicyclic) bond motifs is 1. The van der Waals surface area contributed by atoms with Crippen molar-refractivity contribution in [3.63, 3.8) is 0 Å². The number of hydrogen-bond donors (Lipinski definition) is 3. The fourth-order valence-corrected chi connectivity index (χ4v) is 4.86. The molecule has 1 aliphatic carbocycles. The summed E-state index contributed by atoms with van der Waals surface area (Å²) < 4.78 is 5.44. The maximum Gasteiger partial charge on any atom is 0.407 e. The van der Waals surface area contributed by atoms with Crippen LogP contribution in [0.25, 0.3) is 0 Å². The molecule has 1 aromatic carbocycles. The van der Waals surface area contributed by atoms with Gasteiger partial charge in [-0.1, -0.05) is 24.3 Å². The first-order valence-corrected chi connectivity index (χ1v) is 11.9. The van der Waals surface area contributed by atoms with Gasteiger partial charge in [-0.25, -0.2) is 4.79 Å². The van der Waals surface area contributed by atoms with Gasteiger partial charge in [0.05, 0.1) is 0 Å². The number of primary amides is 1. The third-order valence-corrected chi connectivity index (χ3v) is 6.47. The van der Waals surface area contributed by atoms with Crippen LogP contribution in [0, 0.1) is 5.92 Å². The lowest BCUT2D eigenvalue weighted by molar-refractivity contribution is -0.137. The summed E-state index contributed by atoms with van der Waals surface area (Å²) in [6, 6.07) is 4.55. The van der Waals surface area contributed by atoms with Crippen LogP contribution < -0.4 is 11.1 Å². The van der Waals surface area contributed by atoms with E-state index in [4.69, 9.17) is 15.6 Å². The summed E-state index contributed by atoms with van der Waals surface area (Å²) in [7, 11) is 0. The van der Waals surface area contributed by atoms with Gasteiger partial charge in [-0.2, -0.15) is 0 Å². The van der Waals surface area contributed by atoms with Gasteiger partial charge in [0.1, 0.15) is 11.6 Å². The number of allylic oxidation sites excluding steroid dienone is 1. The van der Waals surface area contributed by atoms with Crippen LogP contribution in [0.3, 0.4) is 0 Å². The number of amides is 3. The molecular formula is C26H35N3O6. The number of carboxylic acid groups (broad SMARTS) is 1. The second-order valence-corrected chi connectivity index (χ2v) is 10.5. The van der Waals surface area contributed by atoms with Gasteiger partial charge in [-0.15, -0.1) is 0 Å². The molecule has 3 atom stereocenters. The lowest BCUT2D eigenvalue weighted by Crippen LogP contribution is -2.45. The van der Waals surface area contributed by atoms with Crippen LogP contribution in [0.5, 0.6) is 0 Å². The fourth-order valence-electron chi connectivity index (χ4n) is 4.86. The average Bonchev–Trinajstić information content (AvgIpc) is 3.04. The van der Waals surface area contributed by atoms with Gasteiger partial charge in [0, 0.05) is 24.6 Å². The minimum atomic E-state index is -1.05. The van der Waals surface area contributed by atoms with E-state index in [1.54, 1.807) is 6.07 Å². The summed E-state index contributed by atoms with van der Waals surface area (Å²) in [5.74, 6) is -1.96. The van der Waals surface area contributed by atoms with E-state index < -0.39 is 29.6 Å². The molecular weight excluding hydrogens is 450 g/mol. The van der Waals surface area contributed by atoms with E-state index >= 15 is 0 Å². The van der Waals surface area contributed by atoms with Gasteiger partial charge in [0.2, 0.25) is 5.91 Å². The van der Waals surface area contributed by atoms with Gasteiger partial charge >= 0.3 is 12.1 Å². The van der Waals surface area contributed by atoms with E-state index in [-0.39, 0.29) is 37.3 Å². The lowest BCUT2D eigenvalue weighted by atomic mass is 9.78. The van der Waals surface area contributed by atoms with Crippen LogP contribution in [-0.4, -0.2) is 51.6 Å². The first-order chi connectivity index (χ1) is 16.3. The van der Waals surface area contributed by atoms with Crippen molar-refractivity contribution in [2.75, 3.05) is 0 Å². The van der Waals surface area contributed by atoms with Crippen molar-refractivity contribution >= 4 is 23.9 Å². The molecule has 0 bridgehead atoms. The molecule has 3 amide bonds. The quantitative estimate of drug-likeness (QED) is 0.484. The second-order valence-electron chi connectivity index (χ2n) is 10.5. The molecule has 1 aliphatic heterocycles. The van der Waals surface area contributed by atoms with Gasteiger partial charge < -0.3 is 25.8 Å². The average molecular weight is 486 g/mol. The van der Waals surface area contributed by atoms with Crippen LogP contribution in [0.15, 0.2) is 30.4 Å². The standard InChI is InChI=1S/C26H35N3O6/c1-15-5-8-20(28-25(34)35-26(2,3)4)17(11-15)12-16-6-7-19-18(13-16)14-29(24(19)33)21(23(27)32)9-10-22(30)31/h6-7,13,17,20-21H,1,5,8-12,14H2,2-4H3,(H2,27,32)(H,28,34)(H,30,31)/t17-,20+,21?/m1/s1. The Bertz CT molecular complexity index is 1030. The summed E-state index contributed by atoms with van der Waals surface area (Å²) in [5, 5.41) is 12.0. The smallest absolute Gasteiger partial charge is 0.407 e. The molecule has 9 nitrogen and oxygen atoms in total. The molecule has 0 aromatic heterocycles. The topological polar surface area (TPSA) is 139 Å². The van der Waals surface area contributed by atoms with Crippen molar-refractivity contribution in [2.45, 2.75) is 83.5 Å². The molecule has 4 N–H and O–H groups in total. The normalized spacial score (nSPS) is 20.8. The zero-order chi connectivity index (χ0) is 25.9. The number of hydrogen-bond acceptors (Lipinski definition) is 5. The molecule has 0 radical (unpaired) electrons. The maximum absolute atomic E-state index is 12.9. The number of nitrogens with one attached hydrogen (secondary N) is 1. The molecule has 0 saturated heterocycles. The van der Waals surface area contributed by atoms with Crippen LogP contribution in [0.1, 0.15) is 74.4 Å². The predicted molar refractivity (Wildman–Crippen MR) is 130 cm³/mol. The number of carbonyl (C=O) groups is 4. The Hall–Kier alpha value is -3.36. The third-order valence-electron chi connectivity index (χ3n) is 6.47. The summed E-state index contributed by atoms with van der Waals surface area (Å²) >= 11 is 0. The Morgan fingerprint density at radius 2 is 2.03 bits per heavy atom. The van der Waals surface area contributed by atoms with Crippen LogP contribution >= 0.6 is 0 Å². The van der Waals surface area contributed by atoms with Crippen molar-refractivity contribution < 1.29 is 29.0 Å². The first-order valence-electron chi connectivity index (χ1n) is 11.9. The van der Waals surface area contributed by atoms with Crippen molar-refractivity contribution in [1.29, 1.82) is 0 Å². The zero-order valence-corrected chi connectivity index (χ0v) is 20.6. The van der Waals surface area contributed by atoms with Crippen molar-refractivity contribution in [1.82, 2.24) is 10.2 Å². The Kier molecular flexibility index (Phi) is 7.87. The zero-order valence-electron chi connectivity index (χ0n) is 20.6.